The monoisotopic (exact) mass is 324 g/mol. The first kappa shape index (κ1) is 16.1. The number of carbonyl (C=O) groups excluding carboxylic acids is 1. The summed E-state index contributed by atoms with van der Waals surface area (Å²) in [5.74, 6) is 0.0438. The Hall–Kier alpha value is -2.82. The molecule has 1 heterocycles. The SMILES string of the molecule is O=C(c1ccc(N=Cc2ccc(O)cc2O)cc1)N1CCCCC1. The van der Waals surface area contributed by atoms with Gasteiger partial charge in [0.15, 0.2) is 0 Å². The second-order valence-corrected chi connectivity index (χ2v) is 5.90. The second kappa shape index (κ2) is 7.17. The summed E-state index contributed by atoms with van der Waals surface area (Å²) in [5, 5.41) is 19.0. The van der Waals surface area contributed by atoms with E-state index < -0.39 is 0 Å². The summed E-state index contributed by atoms with van der Waals surface area (Å²) in [7, 11) is 0. The van der Waals surface area contributed by atoms with Crippen LogP contribution < -0.4 is 0 Å². The van der Waals surface area contributed by atoms with E-state index >= 15 is 0 Å². The molecular formula is C19H20N2O3. The molecule has 2 aromatic rings. The molecule has 1 amide bonds. The number of nitrogens with zero attached hydrogens (tertiary/aromatic N) is 2. The Labute approximate surface area is 140 Å². The molecule has 5 heteroatoms. The van der Waals surface area contributed by atoms with Crippen LogP contribution in [0.25, 0.3) is 0 Å². The molecule has 5 nitrogen and oxygen atoms in total. The van der Waals surface area contributed by atoms with Gasteiger partial charge in [0.2, 0.25) is 0 Å². The van der Waals surface area contributed by atoms with Crippen molar-refractivity contribution < 1.29 is 15.0 Å². The highest BCUT2D eigenvalue weighted by Crippen LogP contribution is 2.22. The second-order valence-electron chi connectivity index (χ2n) is 5.90. The van der Waals surface area contributed by atoms with Crippen molar-refractivity contribution in [1.29, 1.82) is 0 Å². The zero-order valence-electron chi connectivity index (χ0n) is 13.4. The van der Waals surface area contributed by atoms with Gasteiger partial charge < -0.3 is 15.1 Å². The summed E-state index contributed by atoms with van der Waals surface area (Å²) < 4.78 is 0. The van der Waals surface area contributed by atoms with Crippen LogP contribution in [0.1, 0.15) is 35.2 Å². The van der Waals surface area contributed by atoms with E-state index in [1.54, 1.807) is 30.3 Å². The molecule has 0 radical (unpaired) electrons. The maximum atomic E-state index is 12.4. The van der Waals surface area contributed by atoms with Crippen LogP contribution in [0.15, 0.2) is 47.5 Å². The van der Waals surface area contributed by atoms with Crippen LogP contribution in [0.5, 0.6) is 11.5 Å². The molecule has 0 bridgehead atoms. The summed E-state index contributed by atoms with van der Waals surface area (Å²) >= 11 is 0. The molecule has 0 aromatic heterocycles. The van der Waals surface area contributed by atoms with Crippen LogP contribution in [0.2, 0.25) is 0 Å². The number of aromatic hydroxyl groups is 2. The van der Waals surface area contributed by atoms with Crippen LogP contribution in [-0.2, 0) is 0 Å². The maximum Gasteiger partial charge on any atom is 0.253 e. The lowest BCUT2D eigenvalue weighted by Gasteiger charge is -2.26. The Morgan fingerprint density at radius 2 is 1.71 bits per heavy atom. The Morgan fingerprint density at radius 3 is 2.38 bits per heavy atom. The number of benzene rings is 2. The molecule has 0 spiro atoms. The number of amides is 1. The standard InChI is InChI=1S/C19H20N2O3/c22-17-9-6-15(18(23)12-17)13-20-16-7-4-14(5-8-16)19(24)21-10-2-1-3-11-21/h4-9,12-13,22-23H,1-3,10-11H2. The maximum absolute atomic E-state index is 12.4. The highest BCUT2D eigenvalue weighted by Gasteiger charge is 2.17. The molecule has 2 aromatic carbocycles. The van der Waals surface area contributed by atoms with Crippen molar-refractivity contribution in [2.45, 2.75) is 19.3 Å². The number of likely N-dealkylation sites (tertiary alicyclic amines) is 1. The highest BCUT2D eigenvalue weighted by atomic mass is 16.3. The number of phenols is 2. The summed E-state index contributed by atoms with van der Waals surface area (Å²) in [5.41, 5.74) is 1.88. The van der Waals surface area contributed by atoms with Crippen molar-refractivity contribution in [2.75, 3.05) is 13.1 Å². The fourth-order valence-electron chi connectivity index (χ4n) is 2.75. The van der Waals surface area contributed by atoms with E-state index in [0.717, 1.165) is 25.9 Å². The van der Waals surface area contributed by atoms with Crippen LogP contribution in [0.4, 0.5) is 5.69 Å². The van der Waals surface area contributed by atoms with Crippen LogP contribution in [-0.4, -0.2) is 40.3 Å². The fourth-order valence-corrected chi connectivity index (χ4v) is 2.75. The number of aliphatic imine (C=N–C) groups is 1. The molecule has 0 unspecified atom stereocenters. The lowest BCUT2D eigenvalue weighted by atomic mass is 10.1. The molecular weight excluding hydrogens is 304 g/mol. The quantitative estimate of drug-likeness (QED) is 0.849. The van der Waals surface area contributed by atoms with E-state index in [1.807, 2.05) is 4.90 Å². The van der Waals surface area contributed by atoms with E-state index in [9.17, 15) is 15.0 Å². The summed E-state index contributed by atoms with van der Waals surface area (Å²) in [6.07, 6.45) is 4.87. The summed E-state index contributed by atoms with van der Waals surface area (Å²) in [6, 6.07) is 11.5. The average Bonchev–Trinajstić information content (AvgIpc) is 2.62. The number of piperidine rings is 1. The van der Waals surface area contributed by atoms with Gasteiger partial charge in [-0.15, -0.1) is 0 Å². The van der Waals surface area contributed by atoms with Gasteiger partial charge >= 0.3 is 0 Å². The summed E-state index contributed by atoms with van der Waals surface area (Å²) in [6.45, 7) is 1.66. The largest absolute Gasteiger partial charge is 0.508 e. The van der Waals surface area contributed by atoms with Crippen molar-refractivity contribution in [3.05, 3.63) is 53.6 Å². The van der Waals surface area contributed by atoms with Gasteiger partial charge in [-0.05, 0) is 55.7 Å². The van der Waals surface area contributed by atoms with Gasteiger partial charge in [-0.1, -0.05) is 0 Å². The Morgan fingerprint density at radius 1 is 1.00 bits per heavy atom. The summed E-state index contributed by atoms with van der Waals surface area (Å²) in [4.78, 5) is 18.6. The van der Waals surface area contributed by atoms with Gasteiger partial charge in [0, 0.05) is 36.5 Å². The third-order valence-electron chi connectivity index (χ3n) is 4.12. The molecule has 24 heavy (non-hydrogen) atoms. The van der Waals surface area contributed by atoms with Crippen LogP contribution >= 0.6 is 0 Å². The van der Waals surface area contributed by atoms with E-state index in [-0.39, 0.29) is 17.4 Å². The molecule has 0 atom stereocenters. The van der Waals surface area contributed by atoms with Gasteiger partial charge in [0.1, 0.15) is 11.5 Å². The lowest BCUT2D eigenvalue weighted by molar-refractivity contribution is 0.0724. The van der Waals surface area contributed by atoms with Crippen LogP contribution in [0, 0.1) is 0 Å². The number of hydrogen-bond donors (Lipinski definition) is 2. The first-order chi connectivity index (χ1) is 11.6. The first-order valence-electron chi connectivity index (χ1n) is 8.09. The number of hydrogen-bond acceptors (Lipinski definition) is 4. The number of carbonyl (C=O) groups is 1. The molecule has 124 valence electrons. The van der Waals surface area contributed by atoms with Gasteiger partial charge in [-0.2, -0.15) is 0 Å². The minimum Gasteiger partial charge on any atom is -0.508 e. The minimum atomic E-state index is -0.0318. The van der Waals surface area contributed by atoms with Gasteiger partial charge in [0.25, 0.3) is 5.91 Å². The minimum absolute atomic E-state index is 0.00484. The van der Waals surface area contributed by atoms with Crippen molar-refractivity contribution in [3.63, 3.8) is 0 Å². The molecule has 0 saturated carbocycles. The van der Waals surface area contributed by atoms with E-state index in [0.29, 0.717) is 16.8 Å². The fraction of sp³-hybridized carbons (Fsp3) is 0.263. The van der Waals surface area contributed by atoms with Crippen LogP contribution in [0.3, 0.4) is 0 Å². The Kier molecular flexibility index (Phi) is 4.79. The third kappa shape index (κ3) is 3.74. The number of phenolic OH excluding ortho intramolecular Hbond substituents is 2. The van der Waals surface area contributed by atoms with E-state index in [2.05, 4.69) is 4.99 Å². The van der Waals surface area contributed by atoms with Gasteiger partial charge in [0.05, 0.1) is 5.69 Å². The molecule has 0 aliphatic carbocycles. The molecule has 2 N–H and O–H groups in total. The lowest BCUT2D eigenvalue weighted by Crippen LogP contribution is -2.35. The Balaban J connectivity index is 1.70. The highest BCUT2D eigenvalue weighted by molar-refractivity contribution is 5.94. The zero-order valence-corrected chi connectivity index (χ0v) is 13.4. The Bertz CT molecular complexity index is 748. The predicted octanol–water partition coefficient (Wildman–Crippen LogP) is 3.47. The van der Waals surface area contributed by atoms with E-state index in [4.69, 9.17) is 0 Å². The van der Waals surface area contributed by atoms with Crippen molar-refractivity contribution in [3.8, 4) is 11.5 Å². The van der Waals surface area contributed by atoms with Crippen molar-refractivity contribution in [2.24, 2.45) is 4.99 Å². The topological polar surface area (TPSA) is 73.1 Å². The van der Waals surface area contributed by atoms with Crippen molar-refractivity contribution in [1.82, 2.24) is 4.90 Å². The molecule has 1 fully saturated rings. The third-order valence-corrected chi connectivity index (χ3v) is 4.12. The predicted molar refractivity (Wildman–Crippen MR) is 93.2 cm³/mol. The normalized spacial score (nSPS) is 14.9. The number of rotatable bonds is 3. The molecule has 1 saturated heterocycles. The molecule has 1 aliphatic heterocycles. The van der Waals surface area contributed by atoms with Gasteiger partial charge in [-0.25, -0.2) is 0 Å². The zero-order chi connectivity index (χ0) is 16.9. The smallest absolute Gasteiger partial charge is 0.253 e. The molecule has 1 aliphatic rings. The van der Waals surface area contributed by atoms with Gasteiger partial charge in [-0.3, -0.25) is 9.79 Å². The van der Waals surface area contributed by atoms with Crippen molar-refractivity contribution >= 4 is 17.8 Å². The van der Waals surface area contributed by atoms with E-state index in [1.165, 1.54) is 24.8 Å². The first-order valence-corrected chi connectivity index (χ1v) is 8.09. The molecule has 3 rings (SSSR count). The average molecular weight is 324 g/mol.